The van der Waals surface area contributed by atoms with Gasteiger partial charge in [-0.05, 0) is 22.3 Å². The molecule has 0 atom stereocenters. The van der Waals surface area contributed by atoms with Crippen LogP contribution in [0.15, 0.2) is 10.8 Å². The van der Waals surface area contributed by atoms with E-state index in [4.69, 9.17) is 0 Å². The van der Waals surface area contributed by atoms with Gasteiger partial charge in [-0.15, -0.1) is 23.5 Å². The molecule has 0 aromatic carbocycles. The topological polar surface area (TPSA) is 58.2 Å². The van der Waals surface area contributed by atoms with E-state index in [1.165, 1.54) is 0 Å². The van der Waals surface area contributed by atoms with Gasteiger partial charge < -0.3 is 10.6 Å². The van der Waals surface area contributed by atoms with Gasteiger partial charge in [0.2, 0.25) is 11.8 Å². The maximum atomic E-state index is 11.3. The normalized spacial score (nSPS) is 9.92. The van der Waals surface area contributed by atoms with Crippen molar-refractivity contribution in [3.05, 3.63) is 10.8 Å². The van der Waals surface area contributed by atoms with Gasteiger partial charge >= 0.3 is 0 Å². The van der Waals surface area contributed by atoms with Crippen molar-refractivity contribution < 1.29 is 9.59 Å². The second-order valence-electron chi connectivity index (χ2n) is 3.99. The summed E-state index contributed by atoms with van der Waals surface area (Å²) in [7, 11) is 0. The summed E-state index contributed by atoms with van der Waals surface area (Å²) in [5, 5.41) is 9.84. The Morgan fingerprint density at radius 2 is 1.17 bits per heavy atom. The zero-order valence-electron chi connectivity index (χ0n) is 13.3. The minimum Gasteiger partial charge on any atom is -0.355 e. The van der Waals surface area contributed by atoms with E-state index in [-0.39, 0.29) is 26.7 Å². The lowest BCUT2D eigenvalue weighted by atomic mass is 10.6. The van der Waals surface area contributed by atoms with E-state index >= 15 is 0 Å². The third-order valence-corrected chi connectivity index (χ3v) is 5.66. The van der Waals surface area contributed by atoms with Crippen molar-refractivity contribution >= 4 is 58.9 Å². The average molecular weight is 415 g/mol. The van der Waals surface area contributed by atoms with E-state index < -0.39 is 0 Å². The molecule has 4 nitrogen and oxygen atoms in total. The van der Waals surface area contributed by atoms with Crippen molar-refractivity contribution in [3.8, 4) is 0 Å². The van der Waals surface area contributed by atoms with Gasteiger partial charge in [0, 0.05) is 24.6 Å². The first kappa shape index (κ1) is 28.9. The average Bonchev–Trinajstić information content (AvgIpc) is 2.52. The number of carbonyl (C=O) groups excluding carboxylic acids is 2. The summed E-state index contributed by atoms with van der Waals surface area (Å²) in [4.78, 5) is 22.7. The summed E-state index contributed by atoms with van der Waals surface area (Å²) in [5.41, 5.74) is 0. The Hall–Kier alpha value is 0.0800. The quantitative estimate of drug-likeness (QED) is 0.420. The number of carbonyl (C=O) groups is 2. The van der Waals surface area contributed by atoms with Gasteiger partial charge in [-0.2, -0.15) is 23.5 Å². The SMILES string of the molecule is C.C.CCSCC(=O)NCCS/C=C\SCCNC(=O)CSCC. The molecule has 0 saturated heterocycles. The largest absolute Gasteiger partial charge is 0.355 e. The fourth-order valence-electron chi connectivity index (χ4n) is 1.20. The second kappa shape index (κ2) is 23.1. The molecular weight excluding hydrogens is 380 g/mol. The van der Waals surface area contributed by atoms with Crippen LogP contribution in [0, 0.1) is 0 Å². The van der Waals surface area contributed by atoms with E-state index in [9.17, 15) is 9.59 Å². The molecule has 0 saturated carbocycles. The molecule has 2 N–H and O–H groups in total. The molecule has 0 rings (SSSR count). The molecule has 0 aromatic rings. The van der Waals surface area contributed by atoms with Crippen LogP contribution in [0.4, 0.5) is 0 Å². The van der Waals surface area contributed by atoms with Crippen LogP contribution in [-0.2, 0) is 9.59 Å². The van der Waals surface area contributed by atoms with E-state index in [0.29, 0.717) is 24.6 Å². The smallest absolute Gasteiger partial charge is 0.230 e. The Morgan fingerprint density at radius 1 is 0.792 bits per heavy atom. The lowest BCUT2D eigenvalue weighted by Crippen LogP contribution is -2.27. The minimum atomic E-state index is 0. The van der Waals surface area contributed by atoms with Crippen LogP contribution in [0.2, 0.25) is 0 Å². The summed E-state index contributed by atoms with van der Waals surface area (Å²) in [5.74, 6) is 5.03. The summed E-state index contributed by atoms with van der Waals surface area (Å²) in [6.45, 7) is 5.50. The summed E-state index contributed by atoms with van der Waals surface area (Å²) in [6.07, 6.45) is 0. The number of nitrogens with one attached hydrogen (secondary N) is 2. The third-order valence-electron chi connectivity index (χ3n) is 2.21. The maximum Gasteiger partial charge on any atom is 0.230 e. The van der Waals surface area contributed by atoms with Crippen molar-refractivity contribution in [1.29, 1.82) is 0 Å². The van der Waals surface area contributed by atoms with Crippen LogP contribution in [0.5, 0.6) is 0 Å². The Balaban J connectivity index is -0.00000220. The molecule has 0 aliphatic heterocycles. The van der Waals surface area contributed by atoms with E-state index in [2.05, 4.69) is 10.6 Å². The first-order chi connectivity index (χ1) is 10.7. The molecule has 0 heterocycles. The highest BCUT2D eigenvalue weighted by Gasteiger charge is 1.99. The summed E-state index contributed by atoms with van der Waals surface area (Å²) < 4.78 is 0. The van der Waals surface area contributed by atoms with E-state index in [0.717, 1.165) is 23.0 Å². The first-order valence-electron chi connectivity index (χ1n) is 7.27. The molecule has 2 amide bonds. The predicted molar refractivity (Wildman–Crippen MR) is 120 cm³/mol. The van der Waals surface area contributed by atoms with Gasteiger partial charge in [0.25, 0.3) is 0 Å². The Morgan fingerprint density at radius 3 is 1.50 bits per heavy atom. The van der Waals surface area contributed by atoms with Crippen LogP contribution >= 0.6 is 47.0 Å². The molecule has 0 spiro atoms. The molecule has 0 aliphatic carbocycles. The standard InChI is InChI=1S/C14H26N2O2S4.2CH4/c1-3-19-11-13(17)15-5-7-21-9-10-22-8-6-16-14(18)12-20-4-2;;/h9-10H,3-8,11-12H2,1-2H3,(H,15,17)(H,16,18);2*1H4/b10-9-;;. The highest BCUT2D eigenvalue weighted by atomic mass is 32.2. The van der Waals surface area contributed by atoms with Crippen LogP contribution < -0.4 is 10.6 Å². The molecule has 0 aliphatic rings. The molecule has 8 heteroatoms. The van der Waals surface area contributed by atoms with Crippen LogP contribution in [-0.4, -0.2) is 59.4 Å². The van der Waals surface area contributed by atoms with Crippen molar-refractivity contribution in [3.63, 3.8) is 0 Å². The van der Waals surface area contributed by atoms with Crippen LogP contribution in [0.25, 0.3) is 0 Å². The number of thioether (sulfide) groups is 4. The van der Waals surface area contributed by atoms with Gasteiger partial charge in [0.15, 0.2) is 0 Å². The number of rotatable bonds is 14. The highest BCUT2D eigenvalue weighted by Crippen LogP contribution is 2.08. The fourth-order valence-corrected chi connectivity index (χ4v) is 3.53. The second-order valence-corrected chi connectivity index (χ2v) is 8.56. The zero-order valence-corrected chi connectivity index (χ0v) is 16.5. The first-order valence-corrected chi connectivity index (χ1v) is 11.7. The van der Waals surface area contributed by atoms with Crippen molar-refractivity contribution in [2.24, 2.45) is 0 Å². The van der Waals surface area contributed by atoms with Gasteiger partial charge in [-0.25, -0.2) is 0 Å². The zero-order chi connectivity index (χ0) is 16.5. The summed E-state index contributed by atoms with van der Waals surface area (Å²) >= 11 is 6.63. The molecule has 144 valence electrons. The Kier molecular flexibility index (Phi) is 27.8. The molecule has 24 heavy (non-hydrogen) atoms. The lowest BCUT2D eigenvalue weighted by molar-refractivity contribution is -0.119. The monoisotopic (exact) mass is 414 g/mol. The third kappa shape index (κ3) is 22.1. The lowest BCUT2D eigenvalue weighted by Gasteiger charge is -2.03. The molecular formula is C16H34N2O2S4. The van der Waals surface area contributed by atoms with Crippen molar-refractivity contribution in [1.82, 2.24) is 10.6 Å². The van der Waals surface area contributed by atoms with Crippen LogP contribution in [0.1, 0.15) is 28.7 Å². The van der Waals surface area contributed by atoms with E-state index in [1.54, 1.807) is 47.0 Å². The fraction of sp³-hybridized carbons (Fsp3) is 0.750. The van der Waals surface area contributed by atoms with Crippen LogP contribution in [0.3, 0.4) is 0 Å². The van der Waals surface area contributed by atoms with Gasteiger partial charge in [-0.3, -0.25) is 9.59 Å². The predicted octanol–water partition coefficient (Wildman–Crippen LogP) is 3.93. The van der Waals surface area contributed by atoms with Gasteiger partial charge in [-0.1, -0.05) is 28.7 Å². The Bertz CT molecular complexity index is 299. The number of hydrogen-bond acceptors (Lipinski definition) is 6. The summed E-state index contributed by atoms with van der Waals surface area (Å²) in [6, 6.07) is 0. The molecule has 0 aromatic heterocycles. The van der Waals surface area contributed by atoms with Gasteiger partial charge in [0.1, 0.15) is 0 Å². The highest BCUT2D eigenvalue weighted by molar-refractivity contribution is 8.05. The van der Waals surface area contributed by atoms with Gasteiger partial charge in [0.05, 0.1) is 11.5 Å². The molecule has 0 bridgehead atoms. The number of amides is 2. The number of hydrogen-bond donors (Lipinski definition) is 2. The Labute approximate surface area is 165 Å². The van der Waals surface area contributed by atoms with Crippen molar-refractivity contribution in [2.45, 2.75) is 28.7 Å². The van der Waals surface area contributed by atoms with Crippen molar-refractivity contribution in [2.75, 3.05) is 47.6 Å². The molecule has 0 fully saturated rings. The maximum absolute atomic E-state index is 11.3. The van der Waals surface area contributed by atoms with E-state index in [1.807, 2.05) is 24.7 Å². The molecule has 0 radical (unpaired) electrons. The minimum absolute atomic E-state index is 0. The molecule has 0 unspecified atom stereocenters.